The van der Waals surface area contributed by atoms with Crippen molar-refractivity contribution >= 4 is 29.8 Å². The van der Waals surface area contributed by atoms with Gasteiger partial charge in [0.2, 0.25) is 0 Å². The average Bonchev–Trinajstić information content (AvgIpc) is 3.78. The summed E-state index contributed by atoms with van der Waals surface area (Å²) in [6, 6.07) is 9.33. The minimum atomic E-state index is -0.764. The van der Waals surface area contributed by atoms with Crippen molar-refractivity contribution in [1.82, 2.24) is 0 Å². The SMILES string of the molecule is CC(C)=CCCCC(C)C1CCC2C3CC(OOCc4ccc5c(c4)C(=O)OC5=O)C4C(C)(C)C(OC(=O)c5ccc6c(c5)C(=O)OC6=O)CCC4(C)C3CCC12C. The summed E-state index contributed by atoms with van der Waals surface area (Å²) in [5.41, 5.74) is 2.59. The zero-order chi connectivity index (χ0) is 41.3. The number of hydrogen-bond acceptors (Lipinski definition) is 10. The number of unbranched alkanes of at least 4 members (excludes halogenated alkanes) is 1. The molecule has 2 aliphatic heterocycles. The second kappa shape index (κ2) is 15.1. The van der Waals surface area contributed by atoms with E-state index in [0.717, 1.165) is 25.7 Å². The average molecular weight is 795 g/mol. The van der Waals surface area contributed by atoms with Gasteiger partial charge in [-0.1, -0.05) is 58.8 Å². The van der Waals surface area contributed by atoms with E-state index >= 15 is 0 Å². The lowest BCUT2D eigenvalue weighted by Gasteiger charge is -2.66. The summed E-state index contributed by atoms with van der Waals surface area (Å²) in [5.74, 6) is -0.475. The minimum absolute atomic E-state index is 0.0244. The van der Waals surface area contributed by atoms with Gasteiger partial charge in [-0.15, -0.1) is 0 Å². The third-order valence-corrected chi connectivity index (χ3v) is 15.9. The predicted octanol–water partition coefficient (Wildman–Crippen LogP) is 10.0. The van der Waals surface area contributed by atoms with Crippen molar-refractivity contribution in [2.24, 2.45) is 51.8 Å². The summed E-state index contributed by atoms with van der Waals surface area (Å²) in [7, 11) is 0. The maximum absolute atomic E-state index is 13.8. The largest absolute Gasteiger partial charge is 0.458 e. The third kappa shape index (κ3) is 6.85. The Morgan fingerprint density at radius 2 is 1.45 bits per heavy atom. The van der Waals surface area contributed by atoms with Gasteiger partial charge < -0.3 is 14.2 Å². The van der Waals surface area contributed by atoms with Crippen LogP contribution in [0.15, 0.2) is 48.0 Å². The van der Waals surface area contributed by atoms with Crippen molar-refractivity contribution in [3.8, 4) is 0 Å². The number of hydrogen-bond donors (Lipinski definition) is 0. The molecular formula is C48H58O10. The molecule has 2 aromatic carbocycles. The van der Waals surface area contributed by atoms with Crippen LogP contribution < -0.4 is 0 Å². The smallest absolute Gasteiger partial charge is 0.346 e. The van der Waals surface area contributed by atoms with Crippen molar-refractivity contribution in [2.75, 3.05) is 0 Å². The first-order valence-electron chi connectivity index (χ1n) is 21.5. The number of rotatable bonds is 11. The van der Waals surface area contributed by atoms with Crippen LogP contribution in [-0.2, 0) is 30.6 Å². The van der Waals surface area contributed by atoms with Gasteiger partial charge in [0.1, 0.15) is 12.7 Å². The molecule has 8 rings (SSSR count). The lowest BCUT2D eigenvalue weighted by molar-refractivity contribution is -0.376. The Morgan fingerprint density at radius 3 is 2.16 bits per heavy atom. The second-order valence-electron chi connectivity index (χ2n) is 19.7. The van der Waals surface area contributed by atoms with Crippen molar-refractivity contribution in [2.45, 2.75) is 131 Å². The van der Waals surface area contributed by atoms with Crippen LogP contribution in [-0.4, -0.2) is 42.1 Å². The zero-order valence-corrected chi connectivity index (χ0v) is 35.0. The number of allylic oxidation sites excluding steroid dienone is 2. The molecule has 10 heteroatoms. The van der Waals surface area contributed by atoms with Crippen molar-refractivity contribution in [1.29, 1.82) is 0 Å². The van der Waals surface area contributed by atoms with Gasteiger partial charge in [0.15, 0.2) is 0 Å². The molecule has 10 nitrogen and oxygen atoms in total. The number of esters is 5. The molecule has 0 bridgehead atoms. The lowest BCUT2D eigenvalue weighted by atomic mass is 9.40. The molecule has 0 saturated heterocycles. The zero-order valence-electron chi connectivity index (χ0n) is 35.0. The number of fused-ring (bicyclic) bond motifs is 7. The van der Waals surface area contributed by atoms with Crippen LogP contribution in [0.1, 0.15) is 170 Å². The fraction of sp³-hybridized carbons (Fsp3) is 0.604. The molecule has 4 saturated carbocycles. The summed E-state index contributed by atoms with van der Waals surface area (Å²) in [4.78, 5) is 75.3. The first-order valence-corrected chi connectivity index (χ1v) is 21.5. The Kier molecular flexibility index (Phi) is 10.6. The van der Waals surface area contributed by atoms with Crippen molar-refractivity contribution in [3.63, 3.8) is 0 Å². The molecule has 4 fully saturated rings. The van der Waals surface area contributed by atoms with E-state index in [1.54, 1.807) is 18.2 Å². The number of carbonyl (C=O) groups excluding carboxylic acids is 5. The molecule has 0 radical (unpaired) electrons. The molecule has 10 atom stereocenters. The summed E-state index contributed by atoms with van der Waals surface area (Å²) in [6.45, 7) is 16.3. The Bertz CT molecular complexity index is 2060. The summed E-state index contributed by atoms with van der Waals surface area (Å²) >= 11 is 0. The topological polar surface area (TPSA) is 132 Å². The molecule has 0 spiro atoms. The fourth-order valence-corrected chi connectivity index (χ4v) is 13.3. The fourth-order valence-electron chi connectivity index (χ4n) is 13.3. The van der Waals surface area contributed by atoms with E-state index in [9.17, 15) is 24.0 Å². The first kappa shape index (κ1) is 40.6. The Labute approximate surface area is 341 Å². The Morgan fingerprint density at radius 1 is 0.810 bits per heavy atom. The highest BCUT2D eigenvalue weighted by Gasteiger charge is 2.67. The van der Waals surface area contributed by atoms with Gasteiger partial charge in [-0.3, -0.25) is 0 Å². The van der Waals surface area contributed by atoms with Gasteiger partial charge in [0.05, 0.1) is 33.9 Å². The van der Waals surface area contributed by atoms with Crippen LogP contribution in [0.25, 0.3) is 0 Å². The van der Waals surface area contributed by atoms with E-state index in [-0.39, 0.29) is 57.3 Å². The predicted molar refractivity (Wildman–Crippen MR) is 213 cm³/mol. The van der Waals surface area contributed by atoms with E-state index in [2.05, 4.69) is 54.5 Å². The highest BCUT2D eigenvalue weighted by atomic mass is 17.2. The molecule has 2 heterocycles. The molecule has 310 valence electrons. The van der Waals surface area contributed by atoms with E-state index < -0.39 is 41.4 Å². The molecular weight excluding hydrogens is 737 g/mol. The van der Waals surface area contributed by atoms with Crippen LogP contribution in [0.4, 0.5) is 0 Å². The van der Waals surface area contributed by atoms with Crippen molar-refractivity contribution in [3.05, 3.63) is 81.4 Å². The quantitative estimate of drug-likeness (QED) is 0.0412. The Hall–Kier alpha value is -4.15. The first-order chi connectivity index (χ1) is 27.5. The van der Waals surface area contributed by atoms with Gasteiger partial charge in [0, 0.05) is 11.3 Å². The van der Waals surface area contributed by atoms with E-state index in [1.807, 2.05) is 0 Å². The summed E-state index contributed by atoms with van der Waals surface area (Å²) in [6.07, 6.45) is 12.5. The summed E-state index contributed by atoms with van der Waals surface area (Å²) in [5, 5.41) is 0. The van der Waals surface area contributed by atoms with Gasteiger partial charge >= 0.3 is 29.8 Å². The normalized spacial score (nSPS) is 33.5. The molecule has 2 aromatic rings. The van der Waals surface area contributed by atoms with E-state index in [1.165, 1.54) is 55.9 Å². The number of benzene rings is 2. The van der Waals surface area contributed by atoms with Crippen LogP contribution in [0.3, 0.4) is 0 Å². The van der Waals surface area contributed by atoms with E-state index in [4.69, 9.17) is 24.0 Å². The second-order valence-corrected chi connectivity index (χ2v) is 19.7. The molecule has 0 aromatic heterocycles. The molecule has 10 unspecified atom stereocenters. The van der Waals surface area contributed by atoms with Crippen LogP contribution in [0.5, 0.6) is 0 Å². The Balaban J connectivity index is 1.05. The van der Waals surface area contributed by atoms with Gasteiger partial charge in [0.25, 0.3) is 0 Å². The maximum atomic E-state index is 13.8. The number of ether oxygens (including phenoxy) is 3. The summed E-state index contributed by atoms with van der Waals surface area (Å²) < 4.78 is 15.9. The monoisotopic (exact) mass is 794 g/mol. The van der Waals surface area contributed by atoms with Crippen LogP contribution in [0, 0.1) is 51.8 Å². The highest BCUT2D eigenvalue weighted by Crippen LogP contribution is 2.71. The maximum Gasteiger partial charge on any atom is 0.346 e. The number of cyclic esters (lactones) is 4. The van der Waals surface area contributed by atoms with Crippen LogP contribution in [0.2, 0.25) is 0 Å². The van der Waals surface area contributed by atoms with Gasteiger partial charge in [-0.05, 0) is 148 Å². The highest BCUT2D eigenvalue weighted by molar-refractivity contribution is 6.16. The van der Waals surface area contributed by atoms with E-state index in [0.29, 0.717) is 41.6 Å². The standard InChI is InChI=1S/C48H58O10/c1-26(2)10-8-9-11-27(3)35-16-17-36-34-24-38(58-54-25-28-12-14-30-32(22-28)44(52)56-42(30)50)40-46(4,5)39(19-21-48(40,7)37(34)18-20-47(35,36)6)55-41(49)29-13-15-31-33(23-29)45(53)57-43(31)51/h10,12-15,22-23,27,34-40H,8-9,11,16-21,24-25H2,1-7H3. The molecule has 6 aliphatic rings. The third-order valence-electron chi connectivity index (χ3n) is 15.9. The van der Waals surface area contributed by atoms with Crippen LogP contribution >= 0.6 is 0 Å². The molecule has 0 N–H and O–H groups in total. The minimum Gasteiger partial charge on any atom is -0.458 e. The van der Waals surface area contributed by atoms with Gasteiger partial charge in [-0.25, -0.2) is 33.7 Å². The molecule has 58 heavy (non-hydrogen) atoms. The van der Waals surface area contributed by atoms with Crippen molar-refractivity contribution < 1.29 is 48.0 Å². The molecule has 4 aliphatic carbocycles. The van der Waals surface area contributed by atoms with Gasteiger partial charge in [-0.2, -0.15) is 0 Å². The molecule has 0 amide bonds. The lowest BCUT2D eigenvalue weighted by Crippen LogP contribution is -2.64. The number of carbonyl (C=O) groups is 5.